The standard InChI is InChI=1S/C15H27N3S/c1-5-11-8-6-7-9-18(11)14-17-13(15(2,3)4)12(10-16)19-14/h11H,5-10,16H2,1-4H3. The Morgan fingerprint density at radius 3 is 2.63 bits per heavy atom. The first kappa shape index (κ1) is 14.8. The van der Waals surface area contributed by atoms with Crippen molar-refractivity contribution in [2.45, 2.75) is 71.4 Å². The van der Waals surface area contributed by atoms with Gasteiger partial charge in [0, 0.05) is 29.4 Å². The molecule has 1 aliphatic rings. The lowest BCUT2D eigenvalue weighted by atomic mass is 9.91. The Labute approximate surface area is 121 Å². The largest absolute Gasteiger partial charge is 0.345 e. The minimum absolute atomic E-state index is 0.0843. The van der Waals surface area contributed by atoms with Crippen LogP contribution < -0.4 is 10.6 Å². The zero-order chi connectivity index (χ0) is 14.0. The molecule has 0 spiro atoms. The van der Waals surface area contributed by atoms with Crippen LogP contribution in [0.25, 0.3) is 0 Å². The van der Waals surface area contributed by atoms with Gasteiger partial charge in [0.15, 0.2) is 5.13 Å². The highest BCUT2D eigenvalue weighted by atomic mass is 32.1. The molecule has 3 nitrogen and oxygen atoms in total. The molecule has 2 N–H and O–H groups in total. The summed E-state index contributed by atoms with van der Waals surface area (Å²) in [4.78, 5) is 8.71. The Balaban J connectivity index is 2.32. The highest BCUT2D eigenvalue weighted by Gasteiger charge is 2.28. The molecule has 108 valence electrons. The van der Waals surface area contributed by atoms with E-state index in [1.165, 1.54) is 41.4 Å². The molecule has 2 rings (SSSR count). The van der Waals surface area contributed by atoms with Gasteiger partial charge in [0.2, 0.25) is 0 Å². The van der Waals surface area contributed by atoms with Gasteiger partial charge in [-0.1, -0.05) is 27.7 Å². The van der Waals surface area contributed by atoms with Gasteiger partial charge in [-0.05, 0) is 25.7 Å². The van der Waals surface area contributed by atoms with E-state index in [4.69, 9.17) is 10.7 Å². The number of thiazole rings is 1. The van der Waals surface area contributed by atoms with E-state index >= 15 is 0 Å². The lowest BCUT2D eigenvalue weighted by Gasteiger charge is -2.35. The molecule has 4 heteroatoms. The van der Waals surface area contributed by atoms with Gasteiger partial charge in [0.1, 0.15) is 0 Å². The molecule has 1 unspecified atom stereocenters. The maximum absolute atomic E-state index is 5.91. The molecule has 0 radical (unpaired) electrons. The van der Waals surface area contributed by atoms with Crippen molar-refractivity contribution in [3.63, 3.8) is 0 Å². The molecule has 2 heterocycles. The van der Waals surface area contributed by atoms with Crippen LogP contribution in [0.15, 0.2) is 0 Å². The number of anilines is 1. The zero-order valence-corrected chi connectivity index (χ0v) is 13.5. The summed E-state index contributed by atoms with van der Waals surface area (Å²) in [5, 5.41) is 1.19. The molecule has 0 amide bonds. The molecule has 1 aliphatic heterocycles. The van der Waals surface area contributed by atoms with Crippen LogP contribution in [-0.4, -0.2) is 17.6 Å². The topological polar surface area (TPSA) is 42.2 Å². The van der Waals surface area contributed by atoms with E-state index in [2.05, 4.69) is 32.6 Å². The normalized spacial score (nSPS) is 20.9. The molecular formula is C15H27N3S. The number of hydrogen-bond donors (Lipinski definition) is 1. The van der Waals surface area contributed by atoms with E-state index in [1.807, 2.05) is 0 Å². The minimum Gasteiger partial charge on any atom is -0.345 e. The smallest absolute Gasteiger partial charge is 0.186 e. The fraction of sp³-hybridized carbons (Fsp3) is 0.800. The molecule has 1 aromatic heterocycles. The summed E-state index contributed by atoms with van der Waals surface area (Å²) >= 11 is 1.80. The minimum atomic E-state index is 0.0843. The van der Waals surface area contributed by atoms with Crippen LogP contribution in [0.1, 0.15) is 63.9 Å². The van der Waals surface area contributed by atoms with Crippen LogP contribution in [-0.2, 0) is 12.0 Å². The van der Waals surface area contributed by atoms with Crippen molar-refractivity contribution in [3.8, 4) is 0 Å². The molecule has 1 fully saturated rings. The zero-order valence-electron chi connectivity index (χ0n) is 12.7. The molecule has 1 atom stereocenters. The first-order valence-corrected chi connectivity index (χ1v) is 8.26. The van der Waals surface area contributed by atoms with Gasteiger partial charge in [-0.3, -0.25) is 0 Å². The number of piperidine rings is 1. The average molecular weight is 281 g/mol. The maximum Gasteiger partial charge on any atom is 0.186 e. The Bertz CT molecular complexity index is 420. The second-order valence-corrected chi connectivity index (χ2v) is 7.54. The predicted molar refractivity (Wildman–Crippen MR) is 84.0 cm³/mol. The van der Waals surface area contributed by atoms with Crippen molar-refractivity contribution >= 4 is 16.5 Å². The van der Waals surface area contributed by atoms with Gasteiger partial charge in [-0.2, -0.15) is 0 Å². The van der Waals surface area contributed by atoms with E-state index in [-0.39, 0.29) is 5.41 Å². The molecule has 1 saturated heterocycles. The predicted octanol–water partition coefficient (Wildman–Crippen LogP) is 3.67. The summed E-state index contributed by atoms with van der Waals surface area (Å²) in [6.45, 7) is 10.7. The Hall–Kier alpha value is -0.610. The van der Waals surface area contributed by atoms with E-state index in [1.54, 1.807) is 11.3 Å². The quantitative estimate of drug-likeness (QED) is 0.919. The van der Waals surface area contributed by atoms with E-state index in [9.17, 15) is 0 Å². The van der Waals surface area contributed by atoms with Gasteiger partial charge in [0.05, 0.1) is 5.69 Å². The summed E-state index contributed by atoms with van der Waals surface area (Å²) in [7, 11) is 0. The van der Waals surface area contributed by atoms with Gasteiger partial charge < -0.3 is 10.6 Å². The number of hydrogen-bond acceptors (Lipinski definition) is 4. The first-order chi connectivity index (χ1) is 8.97. The Morgan fingerprint density at radius 2 is 2.11 bits per heavy atom. The summed E-state index contributed by atoms with van der Waals surface area (Å²) in [6, 6.07) is 0.665. The number of rotatable bonds is 3. The van der Waals surface area contributed by atoms with Crippen LogP contribution >= 0.6 is 11.3 Å². The van der Waals surface area contributed by atoms with Gasteiger partial charge in [-0.15, -0.1) is 11.3 Å². The van der Waals surface area contributed by atoms with Crippen molar-refractivity contribution in [3.05, 3.63) is 10.6 Å². The second-order valence-electron chi connectivity index (χ2n) is 6.47. The van der Waals surface area contributed by atoms with Crippen molar-refractivity contribution in [1.29, 1.82) is 0 Å². The van der Waals surface area contributed by atoms with Gasteiger partial charge in [-0.25, -0.2) is 4.98 Å². The fourth-order valence-corrected chi connectivity index (χ4v) is 4.11. The van der Waals surface area contributed by atoms with Gasteiger partial charge in [0.25, 0.3) is 0 Å². The third-order valence-electron chi connectivity index (χ3n) is 3.93. The monoisotopic (exact) mass is 281 g/mol. The molecule has 0 aliphatic carbocycles. The van der Waals surface area contributed by atoms with Crippen molar-refractivity contribution in [1.82, 2.24) is 4.98 Å². The van der Waals surface area contributed by atoms with Gasteiger partial charge >= 0.3 is 0 Å². The first-order valence-electron chi connectivity index (χ1n) is 7.44. The lowest BCUT2D eigenvalue weighted by molar-refractivity contribution is 0.448. The highest BCUT2D eigenvalue weighted by molar-refractivity contribution is 7.15. The van der Waals surface area contributed by atoms with Crippen molar-refractivity contribution in [2.75, 3.05) is 11.4 Å². The highest BCUT2D eigenvalue weighted by Crippen LogP contribution is 2.36. The van der Waals surface area contributed by atoms with Crippen LogP contribution in [0.5, 0.6) is 0 Å². The molecular weight excluding hydrogens is 254 g/mol. The third kappa shape index (κ3) is 3.11. The SMILES string of the molecule is CCC1CCCCN1c1nc(C(C)(C)C)c(CN)s1. The summed E-state index contributed by atoms with van der Waals surface area (Å²) in [5.41, 5.74) is 7.18. The molecule has 0 bridgehead atoms. The molecule has 0 aromatic carbocycles. The number of aromatic nitrogens is 1. The molecule has 0 saturated carbocycles. The van der Waals surface area contributed by atoms with E-state index in [0.717, 1.165) is 6.54 Å². The van der Waals surface area contributed by atoms with Crippen molar-refractivity contribution in [2.24, 2.45) is 5.73 Å². The van der Waals surface area contributed by atoms with Crippen LogP contribution in [0, 0.1) is 0 Å². The van der Waals surface area contributed by atoms with E-state index in [0.29, 0.717) is 12.6 Å². The maximum atomic E-state index is 5.91. The van der Waals surface area contributed by atoms with Crippen LogP contribution in [0.4, 0.5) is 5.13 Å². The van der Waals surface area contributed by atoms with Crippen LogP contribution in [0.3, 0.4) is 0 Å². The third-order valence-corrected chi connectivity index (χ3v) is 5.04. The fourth-order valence-electron chi connectivity index (χ4n) is 2.86. The Morgan fingerprint density at radius 1 is 1.37 bits per heavy atom. The summed E-state index contributed by atoms with van der Waals surface area (Å²) in [6.07, 6.45) is 5.16. The molecule has 1 aromatic rings. The van der Waals surface area contributed by atoms with Crippen LogP contribution in [0.2, 0.25) is 0 Å². The lowest BCUT2D eigenvalue weighted by Crippen LogP contribution is -2.39. The molecule has 19 heavy (non-hydrogen) atoms. The van der Waals surface area contributed by atoms with Crippen molar-refractivity contribution < 1.29 is 0 Å². The second kappa shape index (κ2) is 5.80. The number of nitrogens with zero attached hydrogens (tertiary/aromatic N) is 2. The summed E-state index contributed by atoms with van der Waals surface area (Å²) < 4.78 is 0. The average Bonchev–Trinajstić information content (AvgIpc) is 2.82. The summed E-state index contributed by atoms with van der Waals surface area (Å²) in [5.74, 6) is 0. The number of nitrogens with two attached hydrogens (primary N) is 1. The Kier molecular flexibility index (Phi) is 4.51. The van der Waals surface area contributed by atoms with E-state index < -0.39 is 0 Å².